The van der Waals surface area contributed by atoms with Crippen molar-refractivity contribution in [1.82, 2.24) is 0 Å². The van der Waals surface area contributed by atoms with Gasteiger partial charge in [0.25, 0.3) is 0 Å². The third kappa shape index (κ3) is 3.78. The zero-order chi connectivity index (χ0) is 5.98. The molecule has 0 unspecified atom stereocenters. The summed E-state index contributed by atoms with van der Waals surface area (Å²) in [6.07, 6.45) is 0. The Labute approximate surface area is 96.3 Å². The van der Waals surface area contributed by atoms with Gasteiger partial charge in [-0.15, -0.1) is 0 Å². The summed E-state index contributed by atoms with van der Waals surface area (Å²) in [6, 6.07) is 7.87. The quantitative estimate of drug-likeness (QED) is 0.333. The Morgan fingerprint density at radius 1 is 1.33 bits per heavy atom. The van der Waals surface area contributed by atoms with Gasteiger partial charge in [0, 0.05) is 3.57 Å². The molecule has 0 aromatic heterocycles. The first-order chi connectivity index (χ1) is 3.79. The van der Waals surface area contributed by atoms with Crippen molar-refractivity contribution in [3.05, 3.63) is 27.8 Å². The van der Waals surface area contributed by atoms with Crippen molar-refractivity contribution in [3.8, 4) is 0 Å². The predicted molar refractivity (Wildman–Crippen MR) is 44.8 cm³/mol. The molecule has 0 aliphatic carbocycles. The molecule has 0 bridgehead atoms. The zero-order valence-electron chi connectivity index (χ0n) is 5.10. The van der Waals surface area contributed by atoms with E-state index in [-0.39, 0.29) is 29.6 Å². The molecule has 42 valence electrons. The molecule has 0 aliphatic heterocycles. The van der Waals surface area contributed by atoms with Crippen LogP contribution in [0, 0.1) is 3.57 Å². The van der Waals surface area contributed by atoms with Gasteiger partial charge in [-0.3, -0.25) is 0 Å². The smallest absolute Gasteiger partial charge is 0.780 e. The van der Waals surface area contributed by atoms with Crippen LogP contribution >= 0.6 is 22.6 Å². The molecule has 1 aromatic rings. The zero-order valence-corrected chi connectivity index (χ0v) is 10.1. The molecule has 0 radical (unpaired) electrons. The molecule has 1 aromatic carbocycles. The van der Waals surface area contributed by atoms with E-state index in [4.69, 9.17) is 12.6 Å². The van der Waals surface area contributed by atoms with Gasteiger partial charge in [0.05, 0.1) is 0 Å². The average molecular weight is 258 g/mol. The van der Waals surface area contributed by atoms with Crippen LogP contribution in [-0.4, -0.2) is 0 Å². The van der Waals surface area contributed by atoms with Gasteiger partial charge in [0.1, 0.15) is 0 Å². The average Bonchev–Trinajstić information content (AvgIpc) is 1.64. The van der Waals surface area contributed by atoms with Gasteiger partial charge in [-0.25, -0.2) is 0 Å². The van der Waals surface area contributed by atoms with E-state index in [2.05, 4.69) is 22.6 Å². The van der Waals surface area contributed by atoms with E-state index < -0.39 is 0 Å². The van der Waals surface area contributed by atoms with Crippen LogP contribution in [0.15, 0.2) is 29.2 Å². The maximum absolute atomic E-state index is 4.89. The maximum Gasteiger partial charge on any atom is 1.00 e. The molecule has 9 heavy (non-hydrogen) atoms. The summed E-state index contributed by atoms with van der Waals surface area (Å²) >= 11 is 7.13. The minimum Gasteiger partial charge on any atom is -0.780 e. The van der Waals surface area contributed by atoms with Crippen LogP contribution in [0.5, 0.6) is 0 Å². The SMILES string of the molecule is [Na+].[S-]c1cccc(I)c1. The normalized spacial score (nSPS) is 8.11. The Balaban J connectivity index is 0.000000640. The number of halogens is 1. The van der Waals surface area contributed by atoms with Crippen molar-refractivity contribution >= 4 is 35.2 Å². The summed E-state index contributed by atoms with van der Waals surface area (Å²) < 4.78 is 1.20. The van der Waals surface area contributed by atoms with E-state index >= 15 is 0 Å². The van der Waals surface area contributed by atoms with Gasteiger partial charge in [0.15, 0.2) is 0 Å². The fourth-order valence-corrected chi connectivity index (χ4v) is 1.43. The Hall–Kier alpha value is 1.17. The molecule has 0 saturated carbocycles. The summed E-state index contributed by atoms with van der Waals surface area (Å²) in [7, 11) is 0. The summed E-state index contributed by atoms with van der Waals surface area (Å²) in [5.41, 5.74) is 0. The van der Waals surface area contributed by atoms with Gasteiger partial charge >= 0.3 is 29.6 Å². The summed E-state index contributed by atoms with van der Waals surface area (Å²) in [4.78, 5) is 0.914. The molecule has 0 fully saturated rings. The summed E-state index contributed by atoms with van der Waals surface area (Å²) in [5.74, 6) is 0. The van der Waals surface area contributed by atoms with Crippen molar-refractivity contribution < 1.29 is 29.6 Å². The van der Waals surface area contributed by atoms with Gasteiger partial charge in [-0.2, -0.15) is 4.90 Å². The van der Waals surface area contributed by atoms with Crippen LogP contribution < -0.4 is 29.6 Å². The number of hydrogen-bond donors (Lipinski definition) is 0. The van der Waals surface area contributed by atoms with Crippen LogP contribution in [-0.2, 0) is 12.6 Å². The third-order valence-electron chi connectivity index (χ3n) is 0.796. The Bertz CT molecular complexity index is 173. The number of rotatable bonds is 0. The second-order valence-corrected chi connectivity index (χ2v) is 3.17. The minimum absolute atomic E-state index is 0. The largest absolute Gasteiger partial charge is 1.00 e. The second-order valence-electron chi connectivity index (χ2n) is 1.46. The molecule has 0 heterocycles. The maximum atomic E-state index is 4.89. The van der Waals surface area contributed by atoms with Crippen molar-refractivity contribution in [1.29, 1.82) is 0 Å². The third-order valence-corrected chi connectivity index (χ3v) is 1.72. The first-order valence-electron chi connectivity index (χ1n) is 2.21. The van der Waals surface area contributed by atoms with Gasteiger partial charge < -0.3 is 12.6 Å². The van der Waals surface area contributed by atoms with Crippen LogP contribution in [0.1, 0.15) is 0 Å². The Morgan fingerprint density at radius 2 is 2.00 bits per heavy atom. The van der Waals surface area contributed by atoms with Crippen LogP contribution in [0.4, 0.5) is 0 Å². The second kappa shape index (κ2) is 4.91. The topological polar surface area (TPSA) is 0 Å². The molecule has 0 amide bonds. The first-order valence-corrected chi connectivity index (χ1v) is 3.70. The molecule has 0 N–H and O–H groups in total. The molecule has 0 nitrogen and oxygen atoms in total. The monoisotopic (exact) mass is 258 g/mol. The van der Waals surface area contributed by atoms with Gasteiger partial charge in [0.2, 0.25) is 0 Å². The fraction of sp³-hybridized carbons (Fsp3) is 0. The van der Waals surface area contributed by atoms with Crippen molar-refractivity contribution in [3.63, 3.8) is 0 Å². The van der Waals surface area contributed by atoms with E-state index in [9.17, 15) is 0 Å². The molecule has 0 saturated heterocycles. The van der Waals surface area contributed by atoms with Crippen molar-refractivity contribution in [2.45, 2.75) is 4.90 Å². The van der Waals surface area contributed by atoms with Crippen LogP contribution in [0.2, 0.25) is 0 Å². The molecule has 0 atom stereocenters. The van der Waals surface area contributed by atoms with Crippen molar-refractivity contribution in [2.24, 2.45) is 0 Å². The van der Waals surface area contributed by atoms with E-state index in [0.717, 1.165) is 4.90 Å². The van der Waals surface area contributed by atoms with Gasteiger partial charge in [-0.05, 0) is 28.7 Å². The van der Waals surface area contributed by atoms with Gasteiger partial charge in [-0.1, -0.05) is 18.2 Å². The first kappa shape index (κ1) is 10.2. The standard InChI is InChI=1S/C6H5IS.Na/c7-5-2-1-3-6(8)4-5;/h1-4,8H;/q;+1/p-1. The molecular formula is C6H4INaS. The predicted octanol–water partition coefficient (Wildman–Crippen LogP) is -0.799. The molecule has 1 rings (SSSR count). The molecule has 0 spiro atoms. The Kier molecular flexibility index (Phi) is 5.54. The van der Waals surface area contributed by atoms with Crippen LogP contribution in [0.25, 0.3) is 0 Å². The molecule has 0 aliphatic rings. The molecular weight excluding hydrogens is 254 g/mol. The van der Waals surface area contributed by atoms with E-state index in [1.165, 1.54) is 3.57 Å². The summed E-state index contributed by atoms with van der Waals surface area (Å²) in [6.45, 7) is 0. The fourth-order valence-electron chi connectivity index (χ4n) is 0.467. The van der Waals surface area contributed by atoms with E-state index in [0.29, 0.717) is 0 Å². The number of hydrogen-bond acceptors (Lipinski definition) is 1. The minimum atomic E-state index is 0. The Morgan fingerprint density at radius 3 is 2.33 bits per heavy atom. The van der Waals surface area contributed by atoms with Crippen molar-refractivity contribution in [2.75, 3.05) is 0 Å². The van der Waals surface area contributed by atoms with E-state index in [1.807, 2.05) is 24.3 Å². The summed E-state index contributed by atoms with van der Waals surface area (Å²) in [5, 5.41) is 0. The molecule has 3 heteroatoms. The van der Waals surface area contributed by atoms with E-state index in [1.54, 1.807) is 0 Å². The number of benzene rings is 1. The van der Waals surface area contributed by atoms with Crippen LogP contribution in [0.3, 0.4) is 0 Å².